The second-order valence-corrected chi connectivity index (χ2v) is 9.04. The first-order valence-electron chi connectivity index (χ1n) is 8.47. The molecule has 1 aromatic rings. The van der Waals surface area contributed by atoms with Gasteiger partial charge in [0, 0.05) is 18.0 Å². The van der Waals surface area contributed by atoms with Gasteiger partial charge in [0.05, 0.1) is 17.1 Å². The van der Waals surface area contributed by atoms with Crippen molar-refractivity contribution in [2.45, 2.75) is 37.6 Å². The number of hydrogen-bond acceptors (Lipinski definition) is 6. The second kappa shape index (κ2) is 6.08. The molecule has 0 spiro atoms. The van der Waals surface area contributed by atoms with Crippen LogP contribution >= 0.6 is 0 Å². The van der Waals surface area contributed by atoms with E-state index in [4.69, 9.17) is 4.74 Å². The number of nitrogens with zero attached hydrogens (tertiary/aromatic N) is 1. The highest BCUT2D eigenvalue weighted by Crippen LogP contribution is 2.38. The summed E-state index contributed by atoms with van der Waals surface area (Å²) in [5.41, 5.74) is 0.951. The van der Waals surface area contributed by atoms with Gasteiger partial charge in [-0.1, -0.05) is 18.2 Å². The normalized spacial score (nSPS) is 29.5. The van der Waals surface area contributed by atoms with E-state index in [9.17, 15) is 22.8 Å². The summed E-state index contributed by atoms with van der Waals surface area (Å²) < 4.78 is 28.5. The van der Waals surface area contributed by atoms with E-state index in [2.05, 4.69) is 5.32 Å². The number of fused-ring (bicyclic) bond motifs is 1. The van der Waals surface area contributed by atoms with Crippen LogP contribution in [-0.4, -0.2) is 54.7 Å². The summed E-state index contributed by atoms with van der Waals surface area (Å²) in [6.07, 6.45) is -0.0649. The summed E-state index contributed by atoms with van der Waals surface area (Å²) in [7, 11) is -3.12. The van der Waals surface area contributed by atoms with Crippen molar-refractivity contribution in [1.29, 1.82) is 0 Å². The molecule has 0 aliphatic carbocycles. The largest absolute Gasteiger partial charge is 0.433 e. The average Bonchev–Trinajstić information content (AvgIpc) is 3.24. The third-order valence-electron chi connectivity index (χ3n) is 5.05. The molecule has 4 rings (SSSR count). The van der Waals surface area contributed by atoms with Gasteiger partial charge in [-0.3, -0.25) is 14.5 Å². The Hall–Kier alpha value is -2.42. The minimum Gasteiger partial charge on any atom is -0.433 e. The first-order valence-corrected chi connectivity index (χ1v) is 10.3. The number of likely N-dealkylation sites (tertiary alicyclic amines) is 1. The van der Waals surface area contributed by atoms with Crippen LogP contribution in [0.1, 0.15) is 41.4 Å². The van der Waals surface area contributed by atoms with Crippen LogP contribution in [0.2, 0.25) is 0 Å². The number of nitrogens with one attached hydrogen (secondary N) is 1. The molecular weight excluding hydrogens is 360 g/mol. The Balaban J connectivity index is 1.55. The average molecular weight is 378 g/mol. The lowest BCUT2D eigenvalue weighted by atomic mass is 10.1. The van der Waals surface area contributed by atoms with Crippen LogP contribution in [0, 0.1) is 0 Å². The van der Waals surface area contributed by atoms with Gasteiger partial charge in [0.2, 0.25) is 18.0 Å². The summed E-state index contributed by atoms with van der Waals surface area (Å²) in [5, 5.41) is 2.73. The third kappa shape index (κ3) is 2.86. The SMILES string of the molecule is O=C1O[C@H](N2C(=O)CC[C@@H]2C(=O)N[C@@H]2CCS(=O)(=O)C2)c2ccccc21. The molecule has 3 heterocycles. The zero-order valence-corrected chi connectivity index (χ0v) is 14.7. The number of benzene rings is 1. The van der Waals surface area contributed by atoms with Gasteiger partial charge >= 0.3 is 5.97 Å². The zero-order valence-electron chi connectivity index (χ0n) is 13.9. The van der Waals surface area contributed by atoms with Crippen molar-refractivity contribution >= 4 is 27.6 Å². The maximum atomic E-state index is 12.7. The molecule has 1 N–H and O–H groups in total. The summed E-state index contributed by atoms with van der Waals surface area (Å²) in [5.74, 6) is -1.22. The Morgan fingerprint density at radius 2 is 1.96 bits per heavy atom. The Labute approximate surface area is 150 Å². The number of rotatable bonds is 3. The molecule has 0 saturated carbocycles. The molecule has 138 valence electrons. The van der Waals surface area contributed by atoms with Crippen LogP contribution in [-0.2, 0) is 24.2 Å². The minimum atomic E-state index is -3.12. The fraction of sp³-hybridized carbons (Fsp3) is 0.471. The van der Waals surface area contributed by atoms with Crippen LogP contribution < -0.4 is 5.32 Å². The number of hydrogen-bond donors (Lipinski definition) is 1. The fourth-order valence-electron chi connectivity index (χ4n) is 3.79. The van der Waals surface area contributed by atoms with Gasteiger partial charge in [-0.05, 0) is 18.9 Å². The molecule has 2 amide bonds. The van der Waals surface area contributed by atoms with Crippen LogP contribution in [0.15, 0.2) is 24.3 Å². The van der Waals surface area contributed by atoms with Crippen molar-refractivity contribution in [2.75, 3.05) is 11.5 Å². The van der Waals surface area contributed by atoms with Crippen LogP contribution in [0.25, 0.3) is 0 Å². The topological polar surface area (TPSA) is 110 Å². The zero-order chi connectivity index (χ0) is 18.5. The number of cyclic esters (lactones) is 1. The molecule has 0 unspecified atom stereocenters. The number of carbonyl (C=O) groups is 3. The number of sulfone groups is 1. The third-order valence-corrected chi connectivity index (χ3v) is 6.82. The van der Waals surface area contributed by atoms with E-state index in [1.165, 1.54) is 4.90 Å². The quantitative estimate of drug-likeness (QED) is 0.750. The number of amides is 2. The minimum absolute atomic E-state index is 0.0544. The molecule has 9 heteroatoms. The van der Waals surface area contributed by atoms with Gasteiger partial charge < -0.3 is 10.1 Å². The molecule has 3 aliphatic heterocycles. The predicted octanol–water partition coefficient (Wildman–Crippen LogP) is 0.150. The lowest BCUT2D eigenvalue weighted by molar-refractivity contribution is -0.145. The van der Waals surface area contributed by atoms with Crippen molar-refractivity contribution in [3.63, 3.8) is 0 Å². The standard InChI is InChI=1S/C17H18N2O6S/c20-14-6-5-13(15(21)18-10-7-8-26(23,24)9-10)19(14)16-11-3-1-2-4-12(11)17(22)25-16/h1-4,10,13,16H,5-9H2,(H,18,21)/t10-,13-,16+/m1/s1. The summed E-state index contributed by atoms with van der Waals surface area (Å²) in [6, 6.07) is 5.55. The summed E-state index contributed by atoms with van der Waals surface area (Å²) in [6.45, 7) is 0. The molecular formula is C17H18N2O6S. The molecule has 0 radical (unpaired) electrons. The Kier molecular flexibility index (Phi) is 3.98. The highest BCUT2D eigenvalue weighted by molar-refractivity contribution is 7.91. The predicted molar refractivity (Wildman–Crippen MR) is 89.7 cm³/mol. The molecule has 0 bridgehead atoms. The van der Waals surface area contributed by atoms with Crippen LogP contribution in [0.3, 0.4) is 0 Å². The number of ether oxygens (including phenoxy) is 1. The van der Waals surface area contributed by atoms with E-state index < -0.39 is 40.0 Å². The highest BCUT2D eigenvalue weighted by Gasteiger charge is 2.46. The van der Waals surface area contributed by atoms with Gasteiger partial charge in [0.15, 0.2) is 9.84 Å². The van der Waals surface area contributed by atoms with Crippen LogP contribution in [0.5, 0.6) is 0 Å². The monoisotopic (exact) mass is 378 g/mol. The first-order chi connectivity index (χ1) is 12.4. The Bertz CT molecular complexity index is 896. The van der Waals surface area contributed by atoms with Crippen molar-refractivity contribution in [2.24, 2.45) is 0 Å². The molecule has 0 aromatic heterocycles. The number of esters is 1. The van der Waals surface area contributed by atoms with Gasteiger partial charge in [0.25, 0.3) is 0 Å². The van der Waals surface area contributed by atoms with E-state index in [1.807, 2.05) is 0 Å². The smallest absolute Gasteiger partial charge is 0.340 e. The second-order valence-electron chi connectivity index (χ2n) is 6.81. The molecule has 2 saturated heterocycles. The van der Waals surface area contributed by atoms with Crippen molar-refractivity contribution in [3.8, 4) is 0 Å². The van der Waals surface area contributed by atoms with Gasteiger partial charge in [-0.2, -0.15) is 0 Å². The molecule has 3 aliphatic rings. The first kappa shape index (κ1) is 17.0. The van der Waals surface area contributed by atoms with E-state index in [0.717, 1.165) is 0 Å². The van der Waals surface area contributed by atoms with Gasteiger partial charge in [-0.15, -0.1) is 0 Å². The number of carbonyl (C=O) groups excluding carboxylic acids is 3. The molecule has 1 aromatic carbocycles. The van der Waals surface area contributed by atoms with Crippen molar-refractivity contribution in [1.82, 2.24) is 10.2 Å². The van der Waals surface area contributed by atoms with E-state index in [-0.39, 0.29) is 23.8 Å². The van der Waals surface area contributed by atoms with E-state index in [0.29, 0.717) is 24.0 Å². The van der Waals surface area contributed by atoms with E-state index in [1.54, 1.807) is 24.3 Å². The molecule has 8 nitrogen and oxygen atoms in total. The van der Waals surface area contributed by atoms with Crippen molar-refractivity contribution < 1.29 is 27.5 Å². The summed E-state index contributed by atoms with van der Waals surface area (Å²) >= 11 is 0. The lowest BCUT2D eigenvalue weighted by Gasteiger charge is -2.29. The fourth-order valence-corrected chi connectivity index (χ4v) is 5.47. The molecule has 26 heavy (non-hydrogen) atoms. The maximum absolute atomic E-state index is 12.7. The van der Waals surface area contributed by atoms with E-state index >= 15 is 0 Å². The van der Waals surface area contributed by atoms with Gasteiger partial charge in [0.1, 0.15) is 6.04 Å². The van der Waals surface area contributed by atoms with Crippen molar-refractivity contribution in [3.05, 3.63) is 35.4 Å². The van der Waals surface area contributed by atoms with Gasteiger partial charge in [-0.25, -0.2) is 13.2 Å². The maximum Gasteiger partial charge on any atom is 0.340 e. The van der Waals surface area contributed by atoms with Crippen LogP contribution in [0.4, 0.5) is 0 Å². The lowest BCUT2D eigenvalue weighted by Crippen LogP contribution is -2.49. The Morgan fingerprint density at radius 1 is 1.19 bits per heavy atom. The Morgan fingerprint density at radius 3 is 2.69 bits per heavy atom. The molecule has 3 atom stereocenters. The molecule has 2 fully saturated rings. The summed E-state index contributed by atoms with van der Waals surface area (Å²) in [4.78, 5) is 38.4. The highest BCUT2D eigenvalue weighted by atomic mass is 32.2.